The molecule has 0 fully saturated rings. The van der Waals surface area contributed by atoms with Crippen LogP contribution in [0.25, 0.3) is 0 Å². The number of rotatable bonds is 6. The van der Waals surface area contributed by atoms with Gasteiger partial charge in [-0.2, -0.15) is 0 Å². The number of carbonyl (C=O) groups excluding carboxylic acids is 1. The van der Waals surface area contributed by atoms with Gasteiger partial charge in [0.2, 0.25) is 10.0 Å². The Hall–Kier alpha value is -2.18. The highest BCUT2D eigenvalue weighted by Crippen LogP contribution is 2.19. The fraction of sp³-hybridized carbons (Fsp3) is 0.278. The standard InChI is InChI=1S/C18H21NO4S/c1-4-14-8-10-15(11-9-14)13(2)19-24(21,22)17-7-5-6-16(12-17)18(20)23-3/h5-13,19H,4H2,1-3H3/t13-/m0/s1. The number of esters is 1. The molecule has 0 saturated heterocycles. The number of hydrogen-bond acceptors (Lipinski definition) is 4. The van der Waals surface area contributed by atoms with Crippen molar-refractivity contribution in [1.29, 1.82) is 0 Å². The molecule has 0 amide bonds. The van der Waals surface area contributed by atoms with Crippen LogP contribution in [0.1, 0.15) is 41.4 Å². The minimum Gasteiger partial charge on any atom is -0.465 e. The van der Waals surface area contributed by atoms with Gasteiger partial charge in [0.1, 0.15) is 0 Å². The smallest absolute Gasteiger partial charge is 0.337 e. The van der Waals surface area contributed by atoms with Crippen LogP contribution in [0.3, 0.4) is 0 Å². The summed E-state index contributed by atoms with van der Waals surface area (Å²) in [4.78, 5) is 11.6. The second-order valence-electron chi connectivity index (χ2n) is 5.46. The Morgan fingerprint density at radius 3 is 2.42 bits per heavy atom. The third-order valence-electron chi connectivity index (χ3n) is 3.79. The number of sulfonamides is 1. The Morgan fingerprint density at radius 1 is 1.17 bits per heavy atom. The molecule has 0 aliphatic heterocycles. The molecular weight excluding hydrogens is 326 g/mol. The molecule has 5 nitrogen and oxygen atoms in total. The summed E-state index contributed by atoms with van der Waals surface area (Å²) < 4.78 is 32.3. The molecule has 2 aromatic rings. The van der Waals surface area contributed by atoms with E-state index in [0.29, 0.717) is 0 Å². The largest absolute Gasteiger partial charge is 0.465 e. The number of aryl methyl sites for hydroxylation is 1. The van der Waals surface area contributed by atoms with E-state index in [9.17, 15) is 13.2 Å². The first-order chi connectivity index (χ1) is 11.4. The molecule has 1 N–H and O–H groups in total. The lowest BCUT2D eigenvalue weighted by Crippen LogP contribution is -2.27. The van der Waals surface area contributed by atoms with Crippen LogP contribution in [-0.2, 0) is 21.2 Å². The molecule has 0 spiro atoms. The maximum Gasteiger partial charge on any atom is 0.337 e. The highest BCUT2D eigenvalue weighted by molar-refractivity contribution is 7.89. The van der Waals surface area contributed by atoms with Gasteiger partial charge in [0.15, 0.2) is 0 Å². The van der Waals surface area contributed by atoms with E-state index in [-0.39, 0.29) is 16.5 Å². The number of hydrogen-bond donors (Lipinski definition) is 1. The maximum atomic E-state index is 12.5. The number of carbonyl (C=O) groups is 1. The lowest BCUT2D eigenvalue weighted by Gasteiger charge is -2.15. The topological polar surface area (TPSA) is 72.5 Å². The van der Waals surface area contributed by atoms with Crippen molar-refractivity contribution in [2.75, 3.05) is 7.11 Å². The highest BCUT2D eigenvalue weighted by Gasteiger charge is 2.20. The Morgan fingerprint density at radius 2 is 1.83 bits per heavy atom. The molecule has 2 aromatic carbocycles. The summed E-state index contributed by atoms with van der Waals surface area (Å²) in [5.41, 5.74) is 2.26. The SMILES string of the molecule is CCc1ccc([C@H](C)NS(=O)(=O)c2cccc(C(=O)OC)c2)cc1. The van der Waals surface area contributed by atoms with Crippen LogP contribution in [0.4, 0.5) is 0 Å². The maximum absolute atomic E-state index is 12.5. The normalized spacial score (nSPS) is 12.6. The molecule has 24 heavy (non-hydrogen) atoms. The van der Waals surface area contributed by atoms with Crippen LogP contribution < -0.4 is 4.72 Å². The Balaban J connectivity index is 2.22. The van der Waals surface area contributed by atoms with Crippen LogP contribution in [0.2, 0.25) is 0 Å². The van der Waals surface area contributed by atoms with Crippen LogP contribution in [0.15, 0.2) is 53.4 Å². The van der Waals surface area contributed by atoms with Gasteiger partial charge in [0, 0.05) is 6.04 Å². The fourth-order valence-corrected chi connectivity index (χ4v) is 3.60. The first-order valence-electron chi connectivity index (χ1n) is 7.67. The molecule has 0 bridgehead atoms. The van der Waals surface area contributed by atoms with Crippen molar-refractivity contribution < 1.29 is 17.9 Å². The lowest BCUT2D eigenvalue weighted by atomic mass is 10.1. The molecule has 6 heteroatoms. The van der Waals surface area contributed by atoms with Gasteiger partial charge in [-0.25, -0.2) is 17.9 Å². The van der Waals surface area contributed by atoms with Gasteiger partial charge in [-0.15, -0.1) is 0 Å². The average Bonchev–Trinajstić information content (AvgIpc) is 2.60. The van der Waals surface area contributed by atoms with Gasteiger partial charge in [0.25, 0.3) is 0 Å². The Bertz CT molecular complexity index is 813. The molecule has 1 atom stereocenters. The third-order valence-corrected chi connectivity index (χ3v) is 5.32. The van der Waals surface area contributed by atoms with E-state index in [2.05, 4.69) is 16.4 Å². The summed E-state index contributed by atoms with van der Waals surface area (Å²) >= 11 is 0. The summed E-state index contributed by atoms with van der Waals surface area (Å²) in [5, 5.41) is 0. The molecule has 0 saturated carbocycles. The molecular formula is C18H21NO4S. The van der Waals surface area contributed by atoms with Crippen molar-refractivity contribution in [2.24, 2.45) is 0 Å². The minimum atomic E-state index is -3.75. The summed E-state index contributed by atoms with van der Waals surface area (Å²) in [5.74, 6) is -0.574. The first kappa shape index (κ1) is 18.2. The van der Waals surface area contributed by atoms with E-state index < -0.39 is 16.0 Å². The number of ether oxygens (including phenoxy) is 1. The van der Waals surface area contributed by atoms with Crippen molar-refractivity contribution >= 4 is 16.0 Å². The minimum absolute atomic E-state index is 0.0300. The summed E-state index contributed by atoms with van der Waals surface area (Å²) in [7, 11) is -2.49. The van der Waals surface area contributed by atoms with E-state index in [1.54, 1.807) is 6.92 Å². The van der Waals surface area contributed by atoms with Crippen LogP contribution in [0.5, 0.6) is 0 Å². The molecule has 0 unspecified atom stereocenters. The van der Waals surface area contributed by atoms with E-state index in [1.165, 1.54) is 36.9 Å². The van der Waals surface area contributed by atoms with Crippen LogP contribution in [-0.4, -0.2) is 21.5 Å². The second-order valence-corrected chi connectivity index (χ2v) is 7.17. The molecule has 2 rings (SSSR count). The molecule has 128 valence electrons. The molecule has 0 heterocycles. The molecule has 0 radical (unpaired) electrons. The van der Waals surface area contributed by atoms with Crippen LogP contribution in [0, 0.1) is 0 Å². The van der Waals surface area contributed by atoms with E-state index in [0.717, 1.165) is 12.0 Å². The van der Waals surface area contributed by atoms with Crippen molar-refractivity contribution in [1.82, 2.24) is 4.72 Å². The van der Waals surface area contributed by atoms with Gasteiger partial charge in [-0.05, 0) is 42.7 Å². The molecule has 0 aromatic heterocycles. The van der Waals surface area contributed by atoms with Gasteiger partial charge >= 0.3 is 5.97 Å². The lowest BCUT2D eigenvalue weighted by molar-refractivity contribution is 0.0600. The third kappa shape index (κ3) is 4.21. The van der Waals surface area contributed by atoms with Crippen molar-refractivity contribution in [3.63, 3.8) is 0 Å². The predicted molar refractivity (Wildman–Crippen MR) is 92.3 cm³/mol. The highest BCUT2D eigenvalue weighted by atomic mass is 32.2. The van der Waals surface area contributed by atoms with E-state index >= 15 is 0 Å². The zero-order chi connectivity index (χ0) is 17.7. The number of nitrogens with one attached hydrogen (secondary N) is 1. The first-order valence-corrected chi connectivity index (χ1v) is 9.15. The molecule has 0 aliphatic rings. The summed E-state index contributed by atoms with van der Waals surface area (Å²) in [6.07, 6.45) is 0.931. The predicted octanol–water partition coefficient (Wildman–Crippen LogP) is 3.08. The second kappa shape index (κ2) is 7.59. The van der Waals surface area contributed by atoms with Gasteiger partial charge < -0.3 is 4.74 Å². The van der Waals surface area contributed by atoms with Gasteiger partial charge in [-0.3, -0.25) is 0 Å². The van der Waals surface area contributed by atoms with Crippen molar-refractivity contribution in [3.05, 3.63) is 65.2 Å². The summed E-state index contributed by atoms with van der Waals surface area (Å²) in [6, 6.07) is 13.2. The average molecular weight is 347 g/mol. The fourth-order valence-electron chi connectivity index (χ4n) is 2.32. The molecule has 0 aliphatic carbocycles. The Labute approximate surface area is 142 Å². The van der Waals surface area contributed by atoms with E-state index in [1.807, 2.05) is 24.3 Å². The number of methoxy groups -OCH3 is 1. The Kier molecular flexibility index (Phi) is 5.75. The zero-order valence-corrected chi connectivity index (χ0v) is 14.8. The van der Waals surface area contributed by atoms with Crippen molar-refractivity contribution in [2.45, 2.75) is 31.2 Å². The van der Waals surface area contributed by atoms with Gasteiger partial charge in [-0.1, -0.05) is 37.3 Å². The van der Waals surface area contributed by atoms with Crippen LogP contribution >= 0.6 is 0 Å². The number of benzene rings is 2. The quantitative estimate of drug-likeness (QED) is 0.815. The van der Waals surface area contributed by atoms with Crippen molar-refractivity contribution in [3.8, 4) is 0 Å². The van der Waals surface area contributed by atoms with Gasteiger partial charge in [0.05, 0.1) is 17.6 Å². The van der Waals surface area contributed by atoms with E-state index in [4.69, 9.17) is 0 Å². The summed E-state index contributed by atoms with van der Waals surface area (Å²) in [6.45, 7) is 3.85. The zero-order valence-electron chi connectivity index (χ0n) is 13.9. The monoisotopic (exact) mass is 347 g/mol.